The second-order valence-electron chi connectivity index (χ2n) is 12.4. The van der Waals surface area contributed by atoms with E-state index in [2.05, 4.69) is 55.2 Å². The molecule has 0 bridgehead atoms. The van der Waals surface area contributed by atoms with Crippen molar-refractivity contribution in [1.29, 1.82) is 0 Å². The zero-order valence-corrected chi connectivity index (χ0v) is 26.0. The number of carboxylic acids is 3. The Kier molecular flexibility index (Phi) is 9.93. The zero-order chi connectivity index (χ0) is 33.2. The van der Waals surface area contributed by atoms with Gasteiger partial charge in [-0.2, -0.15) is 0 Å². The minimum Gasteiger partial charge on any atom is -0.497 e. The molecule has 0 amide bonds. The fraction of sp³-hybridized carbons (Fsp3) is 0.485. The summed E-state index contributed by atoms with van der Waals surface area (Å²) >= 11 is 0. The number of nitrogens with zero attached hydrogens (tertiary/aromatic N) is 1. The molecule has 1 aliphatic heterocycles. The summed E-state index contributed by atoms with van der Waals surface area (Å²) in [6.45, 7) is 3.61. The van der Waals surface area contributed by atoms with Gasteiger partial charge in [0, 0.05) is 23.4 Å². The van der Waals surface area contributed by atoms with Gasteiger partial charge in [-0.15, -0.1) is 0 Å². The number of ether oxygens (including phenoxy) is 2. The standard InChI is InChI=1S/C27H34N2O3.C6H8O7/c1-18-7-5-6-8-23(18)27(30)13-12-26(16-19(27)17-29(2)3)25-21(11-14-32-26)22-15-20(31-4)9-10-24(22)28-25;7-3(8)1-6(13,5(11)12)2-4(9)10/h5-10,15,19,28,30H,11-14,16-17H2,1-4H3;13H,1-2H2,(H,7,8)(H,9,10)(H,11,12). The van der Waals surface area contributed by atoms with E-state index in [1.165, 1.54) is 16.6 Å². The third kappa shape index (κ3) is 6.99. The van der Waals surface area contributed by atoms with Gasteiger partial charge in [0.2, 0.25) is 0 Å². The fourth-order valence-corrected chi connectivity index (χ4v) is 6.83. The van der Waals surface area contributed by atoms with Crippen molar-refractivity contribution in [2.75, 3.05) is 34.4 Å². The van der Waals surface area contributed by atoms with Crippen LogP contribution in [0.3, 0.4) is 0 Å². The smallest absolute Gasteiger partial charge is 0.336 e. The van der Waals surface area contributed by atoms with Crippen molar-refractivity contribution in [2.24, 2.45) is 5.92 Å². The van der Waals surface area contributed by atoms with E-state index >= 15 is 0 Å². The van der Waals surface area contributed by atoms with E-state index in [9.17, 15) is 19.5 Å². The van der Waals surface area contributed by atoms with E-state index in [0.29, 0.717) is 13.0 Å². The maximum absolute atomic E-state index is 12.1. The van der Waals surface area contributed by atoms with Gasteiger partial charge in [0.1, 0.15) is 11.4 Å². The molecule has 1 fully saturated rings. The van der Waals surface area contributed by atoms with Crippen LogP contribution >= 0.6 is 0 Å². The highest BCUT2D eigenvalue weighted by Gasteiger charge is 2.53. The lowest BCUT2D eigenvalue weighted by molar-refractivity contribution is -0.170. The molecule has 5 rings (SSSR count). The molecule has 1 spiro atoms. The number of benzene rings is 2. The van der Waals surface area contributed by atoms with E-state index < -0.39 is 47.6 Å². The van der Waals surface area contributed by atoms with Crippen molar-refractivity contribution in [2.45, 2.75) is 62.3 Å². The normalized spacial score (nSPS) is 22.9. The highest BCUT2D eigenvalue weighted by molar-refractivity contribution is 5.88. The Morgan fingerprint density at radius 3 is 2.31 bits per heavy atom. The van der Waals surface area contributed by atoms with Gasteiger partial charge in [0.15, 0.2) is 5.60 Å². The number of aliphatic hydroxyl groups is 2. The second kappa shape index (κ2) is 13.2. The maximum Gasteiger partial charge on any atom is 0.336 e. The molecule has 45 heavy (non-hydrogen) atoms. The average Bonchev–Trinajstić information content (AvgIpc) is 3.34. The van der Waals surface area contributed by atoms with Crippen LogP contribution in [-0.2, 0) is 36.7 Å². The molecule has 0 saturated heterocycles. The van der Waals surface area contributed by atoms with Gasteiger partial charge in [-0.1, -0.05) is 24.3 Å². The SMILES string of the molecule is COc1ccc2[nH]c3c(c2c1)CCOC31CCC(O)(c2ccccc2C)C(CN(C)C)C1.O=C(O)CC(O)(CC(=O)O)C(=O)O. The van der Waals surface area contributed by atoms with Crippen LogP contribution in [0.15, 0.2) is 42.5 Å². The van der Waals surface area contributed by atoms with Gasteiger partial charge in [-0.25, -0.2) is 4.79 Å². The molecule has 12 heteroatoms. The number of aliphatic carboxylic acids is 3. The molecule has 1 aromatic heterocycles. The number of carboxylic acid groups (broad SMARTS) is 3. The van der Waals surface area contributed by atoms with Gasteiger partial charge >= 0.3 is 17.9 Å². The first-order valence-electron chi connectivity index (χ1n) is 14.8. The molecule has 3 unspecified atom stereocenters. The van der Waals surface area contributed by atoms with Gasteiger partial charge in [-0.3, -0.25) is 9.59 Å². The van der Waals surface area contributed by atoms with Crippen LogP contribution in [0.5, 0.6) is 5.75 Å². The first-order valence-corrected chi connectivity index (χ1v) is 14.8. The summed E-state index contributed by atoms with van der Waals surface area (Å²) in [5.41, 5.74) is 1.88. The van der Waals surface area contributed by atoms with Crippen LogP contribution in [-0.4, -0.2) is 93.3 Å². The summed E-state index contributed by atoms with van der Waals surface area (Å²) in [5.74, 6) is -4.09. The summed E-state index contributed by atoms with van der Waals surface area (Å²) in [4.78, 5) is 36.4. The van der Waals surface area contributed by atoms with Gasteiger partial charge in [-0.05, 0) is 81.6 Å². The highest BCUT2D eigenvalue weighted by atomic mass is 16.5. The lowest BCUT2D eigenvalue weighted by Gasteiger charge is -2.51. The van der Waals surface area contributed by atoms with Crippen molar-refractivity contribution in [1.82, 2.24) is 9.88 Å². The van der Waals surface area contributed by atoms with E-state index in [0.717, 1.165) is 48.2 Å². The molecule has 6 N–H and O–H groups in total. The molecule has 12 nitrogen and oxygen atoms in total. The lowest BCUT2D eigenvalue weighted by atomic mass is 9.63. The number of rotatable bonds is 9. The second-order valence-corrected chi connectivity index (χ2v) is 12.4. The quantitative estimate of drug-likeness (QED) is 0.204. The van der Waals surface area contributed by atoms with Crippen LogP contribution in [0, 0.1) is 12.8 Å². The molecule has 1 saturated carbocycles. The first kappa shape index (κ1) is 33.9. The Morgan fingerprint density at radius 1 is 1.07 bits per heavy atom. The minimum atomic E-state index is -2.74. The molecule has 244 valence electrons. The van der Waals surface area contributed by atoms with Crippen molar-refractivity contribution in [3.63, 3.8) is 0 Å². The van der Waals surface area contributed by atoms with Crippen molar-refractivity contribution < 1.29 is 49.4 Å². The summed E-state index contributed by atoms with van der Waals surface area (Å²) < 4.78 is 12.1. The van der Waals surface area contributed by atoms with Gasteiger partial charge < -0.3 is 44.9 Å². The van der Waals surface area contributed by atoms with Crippen LogP contribution in [0.2, 0.25) is 0 Å². The Bertz CT molecular complexity index is 1550. The number of H-pyrrole nitrogens is 1. The van der Waals surface area contributed by atoms with Crippen LogP contribution < -0.4 is 4.74 Å². The van der Waals surface area contributed by atoms with E-state index in [1.54, 1.807) is 7.11 Å². The van der Waals surface area contributed by atoms with Crippen molar-refractivity contribution in [3.8, 4) is 5.75 Å². The summed E-state index contributed by atoms with van der Waals surface area (Å²) in [6.07, 6.45) is 0.855. The monoisotopic (exact) mass is 626 g/mol. The molecular formula is C33H42N2O10. The van der Waals surface area contributed by atoms with E-state index in [-0.39, 0.29) is 5.92 Å². The molecule has 3 atom stereocenters. The molecular weight excluding hydrogens is 584 g/mol. The summed E-state index contributed by atoms with van der Waals surface area (Å²) in [5, 5.41) is 47.1. The molecule has 0 radical (unpaired) electrons. The Balaban J connectivity index is 0.000000302. The molecule has 1 aliphatic carbocycles. The highest BCUT2D eigenvalue weighted by Crippen LogP contribution is 2.54. The maximum atomic E-state index is 12.1. The summed E-state index contributed by atoms with van der Waals surface area (Å²) in [7, 11) is 5.88. The number of aromatic amines is 1. The third-order valence-electron chi connectivity index (χ3n) is 8.94. The van der Waals surface area contributed by atoms with Gasteiger partial charge in [0.05, 0.1) is 37.9 Å². The Labute approximate surface area is 261 Å². The van der Waals surface area contributed by atoms with Crippen molar-refractivity contribution in [3.05, 3.63) is 64.8 Å². The zero-order valence-electron chi connectivity index (χ0n) is 26.0. The van der Waals surface area contributed by atoms with Gasteiger partial charge in [0.25, 0.3) is 0 Å². The number of aryl methyl sites for hydroxylation is 1. The van der Waals surface area contributed by atoms with Crippen LogP contribution in [0.1, 0.15) is 54.5 Å². The molecule has 2 aliphatic rings. The Morgan fingerprint density at radius 2 is 1.73 bits per heavy atom. The number of hydrogen-bond acceptors (Lipinski definition) is 8. The predicted octanol–water partition coefficient (Wildman–Crippen LogP) is 3.25. The number of carbonyl (C=O) groups is 3. The van der Waals surface area contributed by atoms with Crippen molar-refractivity contribution >= 4 is 28.8 Å². The molecule has 2 aromatic carbocycles. The number of methoxy groups -OCH3 is 1. The van der Waals surface area contributed by atoms with Crippen LogP contribution in [0.25, 0.3) is 10.9 Å². The number of aromatic nitrogens is 1. The minimum absolute atomic E-state index is 0.0549. The largest absolute Gasteiger partial charge is 0.497 e. The number of hydrogen-bond donors (Lipinski definition) is 6. The molecule has 2 heterocycles. The van der Waals surface area contributed by atoms with E-state index in [4.69, 9.17) is 29.9 Å². The Hall–Kier alpha value is -3.97. The van der Waals surface area contributed by atoms with Crippen LogP contribution in [0.4, 0.5) is 0 Å². The molecule has 3 aromatic rings. The summed E-state index contributed by atoms with van der Waals surface area (Å²) in [6, 6.07) is 14.5. The third-order valence-corrected chi connectivity index (χ3v) is 8.94. The number of fused-ring (bicyclic) bond motifs is 4. The topological polar surface area (TPSA) is 190 Å². The average molecular weight is 627 g/mol. The predicted molar refractivity (Wildman–Crippen MR) is 164 cm³/mol. The first-order chi connectivity index (χ1) is 21.1. The number of nitrogens with one attached hydrogen (secondary N) is 1. The lowest BCUT2D eigenvalue weighted by Crippen LogP contribution is -2.52. The fourth-order valence-electron chi connectivity index (χ4n) is 6.83. The van der Waals surface area contributed by atoms with E-state index in [1.807, 2.05) is 18.2 Å².